The molecule has 1 spiro atoms. The van der Waals surface area contributed by atoms with Crippen molar-refractivity contribution in [2.75, 3.05) is 26.9 Å². The maximum atomic E-state index is 13.8. The lowest BCUT2D eigenvalue weighted by atomic mass is 10.0. The number of hydrogen-bond donors (Lipinski definition) is 2. The zero-order valence-corrected chi connectivity index (χ0v) is 26.7. The van der Waals surface area contributed by atoms with Crippen LogP contribution < -0.4 is 10.6 Å². The molecule has 9 heteroatoms. The number of carbonyl (C=O) groups is 2. The molecule has 39 heavy (non-hydrogen) atoms. The van der Waals surface area contributed by atoms with E-state index < -0.39 is 17.9 Å². The van der Waals surface area contributed by atoms with Gasteiger partial charge >= 0.3 is 6.09 Å². The fourth-order valence-corrected chi connectivity index (χ4v) is 4.78. The number of rotatable bonds is 8. The predicted octanol–water partition coefficient (Wildman–Crippen LogP) is 6.47. The molecule has 220 valence electrons. The maximum absolute atomic E-state index is 13.8. The molecule has 0 bridgehead atoms. The van der Waals surface area contributed by atoms with Crippen molar-refractivity contribution in [3.05, 3.63) is 52.2 Å². The van der Waals surface area contributed by atoms with Gasteiger partial charge in [-0.1, -0.05) is 88.7 Å². The van der Waals surface area contributed by atoms with Gasteiger partial charge in [0, 0.05) is 22.3 Å². The van der Waals surface area contributed by atoms with Gasteiger partial charge in [-0.2, -0.15) is 0 Å². The monoisotopic (exact) mass is 609 g/mol. The summed E-state index contributed by atoms with van der Waals surface area (Å²) >= 11 is 3.49. The first-order valence-corrected chi connectivity index (χ1v) is 14.8. The van der Waals surface area contributed by atoms with Crippen molar-refractivity contribution in [2.45, 2.75) is 86.1 Å². The van der Waals surface area contributed by atoms with Crippen molar-refractivity contribution in [1.29, 1.82) is 0 Å². The van der Waals surface area contributed by atoms with E-state index in [4.69, 9.17) is 14.2 Å². The van der Waals surface area contributed by atoms with Gasteiger partial charge in [-0.15, -0.1) is 0 Å². The number of nitrogens with one attached hydrogen (secondary N) is 2. The molecule has 2 heterocycles. The maximum Gasteiger partial charge on any atom is 0.407 e. The summed E-state index contributed by atoms with van der Waals surface area (Å²) in [6.45, 7) is 17.1. The molecule has 3 rings (SSSR count). The zero-order chi connectivity index (χ0) is 29.6. The first-order chi connectivity index (χ1) is 18.7. The molecule has 2 unspecified atom stereocenters. The third kappa shape index (κ3) is 9.36. The molecule has 2 aliphatic rings. The van der Waals surface area contributed by atoms with E-state index in [1.165, 1.54) is 7.11 Å². The Labute approximate surface area is 243 Å². The molecule has 1 aromatic rings. The summed E-state index contributed by atoms with van der Waals surface area (Å²) in [6, 6.07) is 7.01. The van der Waals surface area contributed by atoms with Crippen LogP contribution in [0.1, 0.15) is 73.8 Å². The minimum atomic E-state index is -0.852. The summed E-state index contributed by atoms with van der Waals surface area (Å²) in [7, 11) is 1.29. The Morgan fingerprint density at radius 3 is 2.23 bits per heavy atom. The molecule has 0 aromatic heterocycles. The van der Waals surface area contributed by atoms with Crippen LogP contribution in [0.5, 0.6) is 0 Å². The summed E-state index contributed by atoms with van der Waals surface area (Å²) in [5, 5.41) is 6.29. The number of amides is 2. The van der Waals surface area contributed by atoms with Crippen molar-refractivity contribution in [3.63, 3.8) is 0 Å². The van der Waals surface area contributed by atoms with Crippen LogP contribution in [-0.2, 0) is 19.0 Å². The topological polar surface area (TPSA) is 89.1 Å². The second-order valence-corrected chi connectivity index (χ2v) is 9.97. The highest BCUT2D eigenvalue weighted by atomic mass is 79.9. The summed E-state index contributed by atoms with van der Waals surface area (Å²) in [6.07, 6.45) is 4.75. The van der Waals surface area contributed by atoms with Crippen LogP contribution in [-0.4, -0.2) is 61.6 Å². The first-order valence-electron chi connectivity index (χ1n) is 14.1. The minimum Gasteiger partial charge on any atom is -0.453 e. The Bertz CT molecular complexity index is 956. The number of likely N-dealkylation sites (tertiary alicyclic amines) is 1. The third-order valence-corrected chi connectivity index (χ3v) is 6.81. The number of hydrogen-bond acceptors (Lipinski definition) is 6. The number of nitrogens with zero attached hydrogens (tertiary/aromatic N) is 1. The van der Waals surface area contributed by atoms with Crippen LogP contribution in [0.2, 0.25) is 0 Å². The number of allylic oxidation sites excluding steroid dienone is 2. The summed E-state index contributed by atoms with van der Waals surface area (Å²) in [5.74, 6) is -1.18. The van der Waals surface area contributed by atoms with E-state index in [0.29, 0.717) is 19.6 Å². The van der Waals surface area contributed by atoms with E-state index in [1.54, 1.807) is 4.90 Å². The van der Waals surface area contributed by atoms with Crippen molar-refractivity contribution >= 4 is 33.6 Å². The Morgan fingerprint density at radius 1 is 1.15 bits per heavy atom. The molecule has 2 atom stereocenters. The Morgan fingerprint density at radius 2 is 1.74 bits per heavy atom. The van der Waals surface area contributed by atoms with Crippen LogP contribution in [0.25, 0.3) is 5.70 Å². The third-order valence-electron chi connectivity index (χ3n) is 6.29. The molecular weight excluding hydrogens is 562 g/mol. The average Bonchev–Trinajstić information content (AvgIpc) is 3.58. The molecule has 2 saturated heterocycles. The van der Waals surface area contributed by atoms with E-state index in [9.17, 15) is 9.59 Å². The molecule has 2 N–H and O–H groups in total. The van der Waals surface area contributed by atoms with Crippen LogP contribution in [0.3, 0.4) is 0 Å². The normalized spacial score (nSPS) is 19.1. The van der Waals surface area contributed by atoms with E-state index in [2.05, 4.69) is 39.6 Å². The van der Waals surface area contributed by atoms with Gasteiger partial charge in [0.1, 0.15) is 6.04 Å². The lowest BCUT2D eigenvalue weighted by Gasteiger charge is -2.32. The number of benzene rings is 1. The highest BCUT2D eigenvalue weighted by Crippen LogP contribution is 2.38. The quantitative estimate of drug-likeness (QED) is 0.351. The fourth-order valence-electron chi connectivity index (χ4n) is 4.52. The van der Waals surface area contributed by atoms with Gasteiger partial charge in [-0.25, -0.2) is 4.79 Å². The molecule has 2 fully saturated rings. The molecule has 1 aromatic carbocycles. The van der Waals surface area contributed by atoms with Gasteiger partial charge in [-0.05, 0) is 37.0 Å². The highest BCUT2D eigenvalue weighted by molar-refractivity contribution is 9.10. The number of halogens is 1. The van der Waals surface area contributed by atoms with Gasteiger partial charge in [0.05, 0.1) is 32.9 Å². The molecule has 0 aliphatic carbocycles. The van der Waals surface area contributed by atoms with Crippen LogP contribution in [0.15, 0.2) is 46.6 Å². The number of alkyl carbamates (subject to hydrolysis) is 1. The highest BCUT2D eigenvalue weighted by Gasteiger charge is 2.52. The Hall–Kier alpha value is -2.36. The van der Waals surface area contributed by atoms with Gasteiger partial charge in [0.2, 0.25) is 5.91 Å². The standard InChI is InChI=1S/C26H36BrN3O5.2C2H6/c1-6-8-21(28-20(7-2)18-9-11-19(27)12-10-18)22-15-26(34-13-14-35-26)16-30(22)24(31)23(17(3)4)29-25(32)33-5;2*1-2/h7-12,17,22-23,28H,6,13-16H2,1-5H3,(H,29,32);2*1-2H3/b20-7-,21-8+;;. The van der Waals surface area contributed by atoms with Gasteiger partial charge in [0.25, 0.3) is 0 Å². The molecule has 0 radical (unpaired) electrons. The first kappa shape index (κ1) is 34.7. The van der Waals surface area contributed by atoms with Crippen LogP contribution >= 0.6 is 15.9 Å². The number of carbonyl (C=O) groups excluding carboxylic acids is 2. The summed E-state index contributed by atoms with van der Waals surface area (Å²) in [4.78, 5) is 27.6. The van der Waals surface area contributed by atoms with Gasteiger partial charge in [-0.3, -0.25) is 4.79 Å². The van der Waals surface area contributed by atoms with Crippen LogP contribution in [0.4, 0.5) is 4.79 Å². The molecular formula is C30H48BrN3O5. The molecule has 2 aliphatic heterocycles. The van der Waals surface area contributed by atoms with E-state index in [-0.39, 0.29) is 24.4 Å². The lowest BCUT2D eigenvalue weighted by Crippen LogP contribution is -2.53. The lowest BCUT2D eigenvalue weighted by molar-refractivity contribution is -0.153. The van der Waals surface area contributed by atoms with Crippen molar-refractivity contribution < 1.29 is 23.8 Å². The van der Waals surface area contributed by atoms with Gasteiger partial charge in [0.15, 0.2) is 5.79 Å². The Balaban J connectivity index is 0.00000181. The zero-order valence-electron chi connectivity index (χ0n) is 25.1. The number of ether oxygens (including phenoxy) is 3. The van der Waals surface area contributed by atoms with Gasteiger partial charge < -0.3 is 29.7 Å². The summed E-state index contributed by atoms with van der Waals surface area (Å²) in [5.41, 5.74) is 2.87. The fraction of sp³-hybridized carbons (Fsp3) is 0.600. The minimum absolute atomic E-state index is 0.135. The molecule has 0 saturated carbocycles. The van der Waals surface area contributed by atoms with Crippen molar-refractivity contribution in [1.82, 2.24) is 15.5 Å². The van der Waals surface area contributed by atoms with E-state index in [0.717, 1.165) is 27.9 Å². The van der Waals surface area contributed by atoms with Crippen LogP contribution in [0, 0.1) is 5.92 Å². The molecule has 2 amide bonds. The smallest absolute Gasteiger partial charge is 0.407 e. The van der Waals surface area contributed by atoms with Crippen molar-refractivity contribution in [2.24, 2.45) is 5.92 Å². The molecule has 8 nitrogen and oxygen atoms in total. The largest absolute Gasteiger partial charge is 0.453 e. The Kier molecular flexibility index (Phi) is 15.4. The average molecular weight is 611 g/mol. The van der Waals surface area contributed by atoms with Crippen molar-refractivity contribution in [3.8, 4) is 0 Å². The summed E-state index contributed by atoms with van der Waals surface area (Å²) < 4.78 is 17.8. The second kappa shape index (κ2) is 17.4. The SMILES string of the molecule is C/C=C(\N/C(=C/CC)C1CC2(CN1C(=O)C(NC(=O)OC)C(C)C)OCCO2)c1ccc(Br)cc1.CC.CC. The predicted molar refractivity (Wildman–Crippen MR) is 161 cm³/mol. The second-order valence-electron chi connectivity index (χ2n) is 9.05. The van der Waals surface area contributed by atoms with E-state index >= 15 is 0 Å². The van der Waals surface area contributed by atoms with E-state index in [1.807, 2.05) is 78.8 Å². The number of methoxy groups -OCH3 is 1.